The third kappa shape index (κ3) is 4.52. The zero-order valence-corrected chi connectivity index (χ0v) is 21.6. The molecule has 4 nitrogen and oxygen atoms in total. The molecule has 0 N–H and O–H groups in total. The van der Waals surface area contributed by atoms with Crippen molar-refractivity contribution in [2.45, 2.75) is 0 Å². The number of nitrogens with zero attached hydrogens (tertiary/aromatic N) is 4. The Balaban J connectivity index is 1.42. The van der Waals surface area contributed by atoms with Crippen molar-refractivity contribution in [1.29, 1.82) is 0 Å². The molecule has 2 aromatic heterocycles. The molecule has 0 radical (unpaired) electrons. The van der Waals surface area contributed by atoms with Crippen LogP contribution in [0.3, 0.4) is 0 Å². The molecule has 7 aromatic rings. The van der Waals surface area contributed by atoms with Crippen molar-refractivity contribution in [3.05, 3.63) is 146 Å². The molecule has 188 valence electrons. The Morgan fingerprint density at radius 2 is 0.900 bits per heavy atom. The average Bonchev–Trinajstić information content (AvgIpc) is 3.05. The van der Waals surface area contributed by atoms with Crippen LogP contribution in [0.15, 0.2) is 146 Å². The predicted molar refractivity (Wildman–Crippen MR) is 162 cm³/mol. The van der Waals surface area contributed by atoms with Crippen molar-refractivity contribution >= 4 is 10.8 Å². The molecule has 0 aliphatic carbocycles. The van der Waals surface area contributed by atoms with Crippen LogP contribution in [0.1, 0.15) is 0 Å². The first-order valence-electron chi connectivity index (χ1n) is 13.2. The van der Waals surface area contributed by atoms with Gasteiger partial charge in [-0.05, 0) is 33.7 Å². The first kappa shape index (κ1) is 23.6. The Labute approximate surface area is 232 Å². The van der Waals surface area contributed by atoms with Gasteiger partial charge in [0.15, 0.2) is 17.5 Å². The molecule has 2 heterocycles. The van der Waals surface area contributed by atoms with Gasteiger partial charge in [-0.3, -0.25) is 4.98 Å². The lowest BCUT2D eigenvalue weighted by Gasteiger charge is -2.14. The maximum absolute atomic E-state index is 5.01. The van der Waals surface area contributed by atoms with Crippen LogP contribution < -0.4 is 0 Å². The van der Waals surface area contributed by atoms with Crippen LogP contribution in [-0.2, 0) is 0 Å². The van der Waals surface area contributed by atoms with E-state index in [9.17, 15) is 0 Å². The smallest absolute Gasteiger partial charge is 0.164 e. The van der Waals surface area contributed by atoms with Crippen LogP contribution in [-0.4, -0.2) is 19.9 Å². The Morgan fingerprint density at radius 3 is 1.50 bits per heavy atom. The third-order valence-electron chi connectivity index (χ3n) is 7.04. The fraction of sp³-hybridized carbons (Fsp3) is 0. The van der Waals surface area contributed by atoms with E-state index in [1.165, 1.54) is 0 Å². The molecular weight excluding hydrogens is 488 g/mol. The molecule has 5 aromatic carbocycles. The van der Waals surface area contributed by atoms with Gasteiger partial charge in [-0.2, -0.15) is 0 Å². The van der Waals surface area contributed by atoms with E-state index in [0.717, 1.165) is 49.7 Å². The van der Waals surface area contributed by atoms with E-state index in [0.29, 0.717) is 17.5 Å². The summed E-state index contributed by atoms with van der Waals surface area (Å²) in [5.74, 6) is 1.96. The summed E-state index contributed by atoms with van der Waals surface area (Å²) in [7, 11) is 0. The van der Waals surface area contributed by atoms with Crippen molar-refractivity contribution in [2.75, 3.05) is 0 Å². The van der Waals surface area contributed by atoms with Crippen molar-refractivity contribution in [1.82, 2.24) is 19.9 Å². The minimum absolute atomic E-state index is 0.651. The van der Waals surface area contributed by atoms with Crippen LogP contribution in [0.4, 0.5) is 0 Å². The van der Waals surface area contributed by atoms with Gasteiger partial charge in [0.1, 0.15) is 0 Å². The van der Waals surface area contributed by atoms with E-state index in [4.69, 9.17) is 15.0 Å². The molecule has 0 saturated heterocycles. The van der Waals surface area contributed by atoms with Crippen LogP contribution in [0.5, 0.6) is 0 Å². The number of hydrogen-bond donors (Lipinski definition) is 0. The van der Waals surface area contributed by atoms with E-state index in [1.54, 1.807) is 6.20 Å². The molecule has 0 atom stereocenters. The summed E-state index contributed by atoms with van der Waals surface area (Å²) < 4.78 is 0. The second-order valence-electron chi connectivity index (χ2n) is 9.57. The maximum atomic E-state index is 5.01. The Kier molecular flexibility index (Phi) is 6.11. The highest BCUT2D eigenvalue weighted by Crippen LogP contribution is 2.37. The lowest BCUT2D eigenvalue weighted by atomic mass is 9.93. The largest absolute Gasteiger partial charge is 0.264 e. The molecule has 0 fully saturated rings. The van der Waals surface area contributed by atoms with Gasteiger partial charge in [0.25, 0.3) is 0 Å². The summed E-state index contributed by atoms with van der Waals surface area (Å²) in [4.78, 5) is 19.2. The van der Waals surface area contributed by atoms with Crippen LogP contribution >= 0.6 is 0 Å². The van der Waals surface area contributed by atoms with Gasteiger partial charge in [0.2, 0.25) is 0 Å². The van der Waals surface area contributed by atoms with Crippen molar-refractivity contribution < 1.29 is 0 Å². The number of hydrogen-bond acceptors (Lipinski definition) is 4. The van der Waals surface area contributed by atoms with E-state index >= 15 is 0 Å². The number of benzene rings is 5. The lowest BCUT2D eigenvalue weighted by molar-refractivity contribution is 1.08. The molecule has 0 spiro atoms. The summed E-state index contributed by atoms with van der Waals surface area (Å²) in [5, 5.41) is 2.25. The van der Waals surface area contributed by atoms with Gasteiger partial charge in [0.05, 0.1) is 0 Å². The van der Waals surface area contributed by atoms with Gasteiger partial charge in [0, 0.05) is 34.5 Å². The second-order valence-corrected chi connectivity index (χ2v) is 9.57. The number of rotatable bonds is 5. The highest BCUT2D eigenvalue weighted by atomic mass is 15.0. The first-order valence-corrected chi connectivity index (χ1v) is 13.2. The lowest BCUT2D eigenvalue weighted by Crippen LogP contribution is -2.00. The summed E-state index contributed by atoms with van der Waals surface area (Å²) in [6.07, 6.45) is 3.68. The number of fused-ring (bicyclic) bond motifs is 1. The van der Waals surface area contributed by atoms with E-state index in [-0.39, 0.29) is 0 Å². The fourth-order valence-corrected chi connectivity index (χ4v) is 5.07. The topological polar surface area (TPSA) is 51.6 Å². The number of pyridine rings is 1. The zero-order chi connectivity index (χ0) is 26.7. The molecule has 40 heavy (non-hydrogen) atoms. The molecular formula is C36H24N4. The van der Waals surface area contributed by atoms with Gasteiger partial charge in [-0.1, -0.05) is 127 Å². The SMILES string of the molecule is c1ccc(-c2nc(-c3ccccc3)nc(-c3cccc4cccc(-c5ccc(-c6cccnc6)cc5)c34)n2)cc1. The van der Waals surface area contributed by atoms with Gasteiger partial charge < -0.3 is 0 Å². The maximum Gasteiger partial charge on any atom is 0.164 e. The summed E-state index contributed by atoms with van der Waals surface area (Å²) in [6, 6.07) is 45.6. The highest BCUT2D eigenvalue weighted by molar-refractivity contribution is 6.05. The van der Waals surface area contributed by atoms with E-state index in [1.807, 2.05) is 72.9 Å². The second kappa shape index (κ2) is 10.4. The normalized spacial score (nSPS) is 11.0. The zero-order valence-electron chi connectivity index (χ0n) is 21.6. The molecule has 0 amide bonds. The molecule has 4 heteroatoms. The molecule has 0 bridgehead atoms. The summed E-state index contributed by atoms with van der Waals surface area (Å²) in [6.45, 7) is 0. The van der Waals surface area contributed by atoms with E-state index < -0.39 is 0 Å². The van der Waals surface area contributed by atoms with Crippen molar-refractivity contribution in [3.8, 4) is 56.4 Å². The fourth-order valence-electron chi connectivity index (χ4n) is 5.07. The van der Waals surface area contributed by atoms with Crippen molar-refractivity contribution in [3.63, 3.8) is 0 Å². The average molecular weight is 513 g/mol. The minimum atomic E-state index is 0.651. The third-order valence-corrected chi connectivity index (χ3v) is 7.04. The monoisotopic (exact) mass is 512 g/mol. The molecule has 0 unspecified atom stereocenters. The van der Waals surface area contributed by atoms with E-state index in [2.05, 4.69) is 71.7 Å². The van der Waals surface area contributed by atoms with Crippen molar-refractivity contribution in [2.24, 2.45) is 0 Å². The molecule has 0 saturated carbocycles. The van der Waals surface area contributed by atoms with Gasteiger partial charge >= 0.3 is 0 Å². The Morgan fingerprint density at radius 1 is 0.350 bits per heavy atom. The molecule has 7 rings (SSSR count). The molecule has 0 aliphatic heterocycles. The first-order chi connectivity index (χ1) is 19.8. The quantitative estimate of drug-likeness (QED) is 0.231. The van der Waals surface area contributed by atoms with Crippen LogP contribution in [0, 0.1) is 0 Å². The highest BCUT2D eigenvalue weighted by Gasteiger charge is 2.16. The minimum Gasteiger partial charge on any atom is -0.264 e. The standard InChI is InChI=1S/C36H24N4/c1-3-10-28(11-4-1)34-38-35(29-12-5-2-6-13-29)40-36(39-34)32-18-8-15-27-14-7-17-31(33(27)32)26-21-19-25(20-22-26)30-16-9-23-37-24-30/h1-24H. The number of aromatic nitrogens is 4. The Hall–Kier alpha value is -5.48. The summed E-state index contributed by atoms with van der Waals surface area (Å²) in [5.41, 5.74) is 7.38. The van der Waals surface area contributed by atoms with Crippen LogP contribution in [0.25, 0.3) is 67.2 Å². The van der Waals surface area contributed by atoms with Gasteiger partial charge in [-0.15, -0.1) is 0 Å². The van der Waals surface area contributed by atoms with Crippen LogP contribution in [0.2, 0.25) is 0 Å². The Bertz CT molecular complexity index is 1860. The molecule has 0 aliphatic rings. The van der Waals surface area contributed by atoms with Gasteiger partial charge in [-0.25, -0.2) is 15.0 Å². The predicted octanol–water partition coefficient (Wildman–Crippen LogP) is 8.75. The summed E-state index contributed by atoms with van der Waals surface area (Å²) >= 11 is 0.